The summed E-state index contributed by atoms with van der Waals surface area (Å²) in [5, 5.41) is 32.3. The zero-order valence-corrected chi connectivity index (χ0v) is 23.4. The first-order chi connectivity index (χ1) is 19.8. The van der Waals surface area contributed by atoms with Gasteiger partial charge in [-0.3, -0.25) is 14.3 Å². The molecule has 11 nitrogen and oxygen atoms in total. The Labute approximate surface area is 239 Å². The Morgan fingerprint density at radius 3 is 2.85 bits per heavy atom. The van der Waals surface area contributed by atoms with Crippen LogP contribution in [-0.4, -0.2) is 70.4 Å². The Bertz CT molecular complexity index is 1440. The second-order valence-electron chi connectivity index (χ2n) is 10.4. The smallest absolute Gasteiger partial charge is 0.264 e. The number of piperazine rings is 1. The number of aliphatic hydroxyl groups is 2. The van der Waals surface area contributed by atoms with Gasteiger partial charge in [0.05, 0.1) is 31.6 Å². The second kappa shape index (κ2) is 12.2. The molecule has 2 aliphatic rings. The molecule has 41 heavy (non-hydrogen) atoms. The zero-order valence-electron chi connectivity index (χ0n) is 23.4. The average Bonchev–Trinajstić information content (AvgIpc) is 3.52. The lowest BCUT2D eigenvalue weighted by Gasteiger charge is -2.29. The van der Waals surface area contributed by atoms with E-state index in [2.05, 4.69) is 15.6 Å². The van der Waals surface area contributed by atoms with Gasteiger partial charge in [0.1, 0.15) is 5.75 Å². The van der Waals surface area contributed by atoms with Gasteiger partial charge in [-0.2, -0.15) is 0 Å². The van der Waals surface area contributed by atoms with Crippen molar-refractivity contribution in [3.63, 3.8) is 0 Å². The number of aromatic nitrogens is 3. The molecule has 0 spiro atoms. The molecule has 0 bridgehead atoms. The minimum atomic E-state index is -1.78. The maximum Gasteiger partial charge on any atom is 0.264 e. The number of nitrogens with one attached hydrogen (secondary N) is 1. The number of methoxy groups -OCH3 is 1. The summed E-state index contributed by atoms with van der Waals surface area (Å²) in [4.78, 5) is 29.8. The molecule has 0 radical (unpaired) electrons. The topological polar surface area (TPSA) is 133 Å². The molecule has 0 saturated carbocycles. The van der Waals surface area contributed by atoms with Gasteiger partial charge in [0.2, 0.25) is 5.91 Å². The maximum absolute atomic E-state index is 14.0. The average molecular weight is 561 g/mol. The van der Waals surface area contributed by atoms with Crippen molar-refractivity contribution < 1.29 is 24.5 Å². The number of fused-ring (bicyclic) bond motifs is 1. The number of allylic oxidation sites excluding steroid dienone is 1. The number of aliphatic hydroxyl groups excluding tert-OH is 1. The normalized spacial score (nSPS) is 19.7. The van der Waals surface area contributed by atoms with E-state index in [1.807, 2.05) is 43.3 Å². The third-order valence-corrected chi connectivity index (χ3v) is 7.69. The van der Waals surface area contributed by atoms with E-state index in [4.69, 9.17) is 9.84 Å². The molecule has 3 N–H and O–H groups in total. The van der Waals surface area contributed by atoms with Crippen molar-refractivity contribution in [1.82, 2.24) is 20.3 Å². The van der Waals surface area contributed by atoms with Gasteiger partial charge in [-0.25, -0.2) is 0 Å². The number of aryl methyl sites for hydroxylation is 1. The lowest BCUT2D eigenvalue weighted by Crippen LogP contribution is -2.48. The number of amides is 2. The molecule has 1 saturated heterocycles. The number of nitrogens with zero attached hydrogens (tertiary/aromatic N) is 5. The molecule has 216 valence electrons. The molecule has 2 aromatic carbocycles. The molecule has 0 aliphatic carbocycles. The predicted molar refractivity (Wildman–Crippen MR) is 153 cm³/mol. The zero-order chi connectivity index (χ0) is 29.0. The van der Waals surface area contributed by atoms with Crippen LogP contribution in [0.3, 0.4) is 0 Å². The maximum atomic E-state index is 14.0. The van der Waals surface area contributed by atoms with E-state index in [9.17, 15) is 14.7 Å². The van der Waals surface area contributed by atoms with Gasteiger partial charge in [-0.1, -0.05) is 36.4 Å². The van der Waals surface area contributed by atoms with Gasteiger partial charge in [0, 0.05) is 56.0 Å². The van der Waals surface area contributed by atoms with Crippen molar-refractivity contribution in [1.29, 1.82) is 0 Å². The van der Waals surface area contributed by atoms with Gasteiger partial charge in [-0.15, -0.1) is 5.10 Å². The van der Waals surface area contributed by atoms with Crippen molar-refractivity contribution >= 4 is 23.2 Å². The first kappa shape index (κ1) is 28.5. The van der Waals surface area contributed by atoms with Crippen molar-refractivity contribution in [2.45, 2.75) is 38.5 Å². The molecular formula is C30H36N6O5. The molecule has 1 fully saturated rings. The summed E-state index contributed by atoms with van der Waals surface area (Å²) in [7, 11) is 1.55. The van der Waals surface area contributed by atoms with E-state index in [1.54, 1.807) is 46.0 Å². The Hall–Kier alpha value is -4.06. The van der Waals surface area contributed by atoms with Crippen LogP contribution in [0, 0.1) is 5.92 Å². The molecule has 2 amide bonds. The number of ether oxygens (including phenoxy) is 1. The van der Waals surface area contributed by atoms with Gasteiger partial charge >= 0.3 is 0 Å². The Kier molecular flexibility index (Phi) is 8.48. The van der Waals surface area contributed by atoms with Crippen LogP contribution < -0.4 is 19.9 Å². The molecule has 1 aromatic heterocycles. The molecule has 2 atom stereocenters. The second-order valence-corrected chi connectivity index (χ2v) is 10.4. The van der Waals surface area contributed by atoms with E-state index in [-0.39, 0.29) is 19.1 Å². The summed E-state index contributed by atoms with van der Waals surface area (Å²) < 4.78 is 7.14. The summed E-state index contributed by atoms with van der Waals surface area (Å²) in [6.45, 7) is 4.27. The van der Waals surface area contributed by atoms with Crippen LogP contribution in [-0.2, 0) is 34.7 Å². The standard InChI is InChI=1S/C30H36N6O5/c1-21(6-3-4-13-34-20-23(11-15-37)32-33-34)30(40)26-17-25(41-2)9-10-27(26)36(29(30)39)19-22-7-5-8-24(16-22)35-14-12-31-18-28(35)38/h3,5-10,16-17,20-21,31,37,40H,4,11-15,18-19H2,1-2H3/b6-3+/t21-,30+/m0/s1. The number of hydrogen-bond acceptors (Lipinski definition) is 8. The molecule has 0 unspecified atom stereocenters. The number of carbonyl (C=O) groups excluding carboxylic acids is 2. The van der Waals surface area contributed by atoms with E-state index < -0.39 is 17.4 Å². The summed E-state index contributed by atoms with van der Waals surface area (Å²) in [5.74, 6) is -0.382. The molecule has 2 aliphatic heterocycles. The quantitative estimate of drug-likeness (QED) is 0.302. The van der Waals surface area contributed by atoms with Crippen molar-refractivity contribution in [3.05, 3.63) is 77.6 Å². The fourth-order valence-corrected chi connectivity index (χ4v) is 5.42. The lowest BCUT2D eigenvalue weighted by atomic mass is 9.83. The highest BCUT2D eigenvalue weighted by Crippen LogP contribution is 2.47. The number of anilines is 2. The van der Waals surface area contributed by atoms with E-state index in [1.165, 1.54) is 0 Å². The third kappa shape index (κ3) is 5.74. The van der Waals surface area contributed by atoms with Crippen LogP contribution in [0.5, 0.6) is 5.75 Å². The Morgan fingerprint density at radius 1 is 1.22 bits per heavy atom. The fraction of sp³-hybridized carbons (Fsp3) is 0.400. The highest BCUT2D eigenvalue weighted by atomic mass is 16.5. The van der Waals surface area contributed by atoms with Crippen molar-refractivity contribution in [2.75, 3.05) is 43.2 Å². The number of benzene rings is 2. The molecule has 3 aromatic rings. The summed E-state index contributed by atoms with van der Waals surface area (Å²) in [6, 6.07) is 12.9. The SMILES string of the molecule is COc1ccc2c(c1)[C@](O)([C@@H](C)/C=C/CCn1cc(CCO)nn1)C(=O)N2Cc1cccc(N2CCNCC2=O)c1. The molecule has 11 heteroatoms. The first-order valence-electron chi connectivity index (χ1n) is 13.8. The monoisotopic (exact) mass is 560 g/mol. The first-order valence-corrected chi connectivity index (χ1v) is 13.8. The van der Waals surface area contributed by atoms with Gasteiger partial charge < -0.3 is 30.1 Å². The van der Waals surface area contributed by atoms with Gasteiger partial charge in [0.15, 0.2) is 5.60 Å². The van der Waals surface area contributed by atoms with Crippen molar-refractivity contribution in [2.24, 2.45) is 5.92 Å². The predicted octanol–water partition coefficient (Wildman–Crippen LogP) is 1.77. The van der Waals surface area contributed by atoms with E-state index >= 15 is 0 Å². The Morgan fingerprint density at radius 2 is 2.07 bits per heavy atom. The minimum Gasteiger partial charge on any atom is -0.497 e. The highest BCUT2D eigenvalue weighted by molar-refractivity contribution is 6.07. The number of rotatable bonds is 11. The molecule has 5 rings (SSSR count). The number of hydrogen-bond donors (Lipinski definition) is 3. The van der Waals surface area contributed by atoms with E-state index in [0.717, 1.165) is 23.5 Å². The highest BCUT2D eigenvalue weighted by Gasteiger charge is 2.52. The van der Waals surface area contributed by atoms with Crippen LogP contribution >= 0.6 is 0 Å². The Balaban J connectivity index is 1.36. The van der Waals surface area contributed by atoms with Crippen LogP contribution in [0.2, 0.25) is 0 Å². The third-order valence-electron chi connectivity index (χ3n) is 7.69. The summed E-state index contributed by atoms with van der Waals surface area (Å²) in [6.07, 6.45) is 6.67. The van der Waals surface area contributed by atoms with Gasteiger partial charge in [-0.05, 0) is 42.3 Å². The summed E-state index contributed by atoms with van der Waals surface area (Å²) >= 11 is 0. The fourth-order valence-electron chi connectivity index (χ4n) is 5.42. The number of carbonyl (C=O) groups is 2. The van der Waals surface area contributed by atoms with Crippen molar-refractivity contribution in [3.8, 4) is 5.75 Å². The largest absolute Gasteiger partial charge is 0.497 e. The van der Waals surface area contributed by atoms with Crippen LogP contribution in [0.4, 0.5) is 11.4 Å². The molecule has 3 heterocycles. The minimum absolute atomic E-state index is 0.00694. The molecular weight excluding hydrogens is 524 g/mol. The van der Waals surface area contributed by atoms with E-state index in [0.29, 0.717) is 49.5 Å². The summed E-state index contributed by atoms with van der Waals surface area (Å²) in [5.41, 5.74) is 1.71. The van der Waals surface area contributed by atoms with Crippen LogP contribution in [0.15, 0.2) is 60.8 Å². The van der Waals surface area contributed by atoms with Crippen LogP contribution in [0.25, 0.3) is 0 Å². The lowest BCUT2D eigenvalue weighted by molar-refractivity contribution is -0.139. The van der Waals surface area contributed by atoms with Crippen LogP contribution in [0.1, 0.15) is 30.2 Å². The van der Waals surface area contributed by atoms with Gasteiger partial charge in [0.25, 0.3) is 5.91 Å².